The van der Waals surface area contributed by atoms with E-state index in [1.807, 2.05) is 13.8 Å². The number of aromatic hydroxyl groups is 1. The first-order chi connectivity index (χ1) is 10.0. The van der Waals surface area contributed by atoms with Crippen LogP contribution in [-0.4, -0.2) is 16.7 Å². The van der Waals surface area contributed by atoms with Crippen LogP contribution < -0.4 is 0 Å². The smallest absolute Gasteiger partial charge is 0.190 e. The van der Waals surface area contributed by atoms with E-state index in [1.165, 1.54) is 12.2 Å². The van der Waals surface area contributed by atoms with Crippen LogP contribution in [0.4, 0.5) is 0 Å². The summed E-state index contributed by atoms with van der Waals surface area (Å²) in [5.74, 6) is 0.0246. The molecule has 21 heavy (non-hydrogen) atoms. The Morgan fingerprint density at radius 1 is 1.24 bits per heavy atom. The quantitative estimate of drug-likeness (QED) is 0.902. The Labute approximate surface area is 122 Å². The van der Waals surface area contributed by atoms with Gasteiger partial charge < -0.3 is 9.84 Å². The monoisotopic (exact) mass is 284 g/mol. The molecule has 0 saturated heterocycles. The summed E-state index contributed by atoms with van der Waals surface area (Å²) in [4.78, 5) is 24.0. The van der Waals surface area contributed by atoms with Crippen LogP contribution in [0.5, 0.6) is 5.75 Å². The first-order valence-electron chi connectivity index (χ1n) is 7.04. The highest BCUT2D eigenvalue weighted by atomic mass is 16.5. The number of carbonyl (C=O) groups is 2. The Kier molecular flexibility index (Phi) is 3.16. The zero-order valence-electron chi connectivity index (χ0n) is 12.0. The van der Waals surface area contributed by atoms with Gasteiger partial charge in [0.05, 0.1) is 11.3 Å². The van der Waals surface area contributed by atoms with Gasteiger partial charge in [-0.05, 0) is 43.2 Å². The van der Waals surface area contributed by atoms with E-state index in [4.69, 9.17) is 4.74 Å². The predicted molar refractivity (Wildman–Crippen MR) is 78.3 cm³/mol. The van der Waals surface area contributed by atoms with Gasteiger partial charge in [0.25, 0.3) is 0 Å². The van der Waals surface area contributed by atoms with Crippen molar-refractivity contribution in [1.82, 2.24) is 0 Å². The third-order valence-electron chi connectivity index (χ3n) is 3.83. The zero-order chi connectivity index (χ0) is 15.1. The lowest BCUT2D eigenvalue weighted by molar-refractivity contribution is 0.0978. The summed E-state index contributed by atoms with van der Waals surface area (Å²) in [6.45, 7) is 3.87. The molecule has 0 fully saturated rings. The summed E-state index contributed by atoms with van der Waals surface area (Å²) in [6, 6.07) is 1.68. The molecule has 4 heteroatoms. The molecule has 0 spiro atoms. The number of allylic oxidation sites excluding steroid dienone is 3. The van der Waals surface area contributed by atoms with Gasteiger partial charge in [-0.25, -0.2) is 0 Å². The Bertz CT molecular complexity index is 710. The van der Waals surface area contributed by atoms with E-state index >= 15 is 0 Å². The van der Waals surface area contributed by atoms with Gasteiger partial charge in [0, 0.05) is 11.1 Å². The average Bonchev–Trinajstić information content (AvgIpc) is 2.42. The predicted octanol–water partition coefficient (Wildman–Crippen LogP) is 3.56. The second kappa shape index (κ2) is 4.88. The summed E-state index contributed by atoms with van der Waals surface area (Å²) >= 11 is 0. The van der Waals surface area contributed by atoms with Gasteiger partial charge in [0.1, 0.15) is 11.9 Å². The summed E-state index contributed by atoms with van der Waals surface area (Å²) in [5, 5.41) is 10.5. The molecule has 4 nitrogen and oxygen atoms in total. The van der Waals surface area contributed by atoms with Crippen molar-refractivity contribution < 1.29 is 19.4 Å². The molecule has 1 N–H and O–H groups in total. The number of hydrogen-bond acceptors (Lipinski definition) is 4. The maximum Gasteiger partial charge on any atom is 0.190 e. The fraction of sp³-hybridized carbons (Fsp3) is 0.294. The molecule has 1 aromatic carbocycles. The first-order valence-corrected chi connectivity index (χ1v) is 7.04. The van der Waals surface area contributed by atoms with Gasteiger partial charge >= 0.3 is 0 Å². The molecule has 1 aliphatic carbocycles. The maximum absolute atomic E-state index is 12.0. The number of hydrogen-bond donors (Lipinski definition) is 1. The van der Waals surface area contributed by atoms with Crippen molar-refractivity contribution in [3.8, 4) is 5.75 Å². The largest absolute Gasteiger partial charge is 0.507 e. The molecular formula is C17H16O4. The fourth-order valence-electron chi connectivity index (χ4n) is 2.93. The van der Waals surface area contributed by atoms with Gasteiger partial charge in [0.2, 0.25) is 0 Å². The minimum Gasteiger partial charge on any atom is -0.507 e. The summed E-state index contributed by atoms with van der Waals surface area (Å²) in [7, 11) is 0. The third kappa shape index (κ3) is 2.07. The second-order valence-corrected chi connectivity index (χ2v) is 5.36. The molecule has 1 atom stereocenters. The minimum atomic E-state index is -0.341. The normalized spacial score (nSPS) is 19.7. The minimum absolute atomic E-state index is 0.0962. The molecule has 0 unspecified atom stereocenters. The maximum atomic E-state index is 12.0. The number of rotatable bonds is 2. The highest BCUT2D eigenvalue weighted by Gasteiger charge is 2.31. The number of phenolic OH excluding ortho intramolecular Hbond substituents is 1. The topological polar surface area (TPSA) is 63.6 Å². The van der Waals surface area contributed by atoms with Crippen LogP contribution in [0.15, 0.2) is 24.0 Å². The molecule has 2 aliphatic rings. The van der Waals surface area contributed by atoms with Crippen LogP contribution in [0.2, 0.25) is 0 Å². The van der Waals surface area contributed by atoms with Gasteiger partial charge in [0.15, 0.2) is 11.6 Å². The molecule has 1 aromatic rings. The van der Waals surface area contributed by atoms with E-state index in [1.54, 1.807) is 12.1 Å². The number of ether oxygens (including phenoxy) is 1. The van der Waals surface area contributed by atoms with E-state index < -0.39 is 0 Å². The van der Waals surface area contributed by atoms with Crippen molar-refractivity contribution in [2.24, 2.45) is 0 Å². The van der Waals surface area contributed by atoms with Crippen LogP contribution in [0.3, 0.4) is 0 Å². The lowest BCUT2D eigenvalue weighted by atomic mass is 9.85. The van der Waals surface area contributed by atoms with E-state index in [0.29, 0.717) is 5.56 Å². The number of benzene rings is 1. The van der Waals surface area contributed by atoms with E-state index in [2.05, 4.69) is 0 Å². The first kappa shape index (κ1) is 13.6. The zero-order valence-corrected chi connectivity index (χ0v) is 12.0. The summed E-state index contributed by atoms with van der Waals surface area (Å²) < 4.78 is 5.77. The fourth-order valence-corrected chi connectivity index (χ4v) is 2.93. The van der Waals surface area contributed by atoms with Gasteiger partial charge in [-0.15, -0.1) is 0 Å². The van der Waals surface area contributed by atoms with E-state index in [-0.39, 0.29) is 34.5 Å². The van der Waals surface area contributed by atoms with Crippen molar-refractivity contribution in [3.05, 3.63) is 46.2 Å². The van der Waals surface area contributed by atoms with Crippen LogP contribution >= 0.6 is 0 Å². The molecular weight excluding hydrogens is 268 g/mol. The molecule has 3 rings (SSSR count). The molecule has 108 valence electrons. The molecule has 0 amide bonds. The lowest BCUT2D eigenvalue weighted by Crippen LogP contribution is -2.17. The Morgan fingerprint density at radius 3 is 2.67 bits per heavy atom. The Hall–Kier alpha value is -2.36. The van der Waals surface area contributed by atoms with Crippen molar-refractivity contribution in [1.29, 1.82) is 0 Å². The van der Waals surface area contributed by atoms with Gasteiger partial charge in [-0.3, -0.25) is 9.59 Å². The summed E-state index contributed by atoms with van der Waals surface area (Å²) in [6.07, 6.45) is 5.58. The lowest BCUT2D eigenvalue weighted by Gasteiger charge is -2.28. The second-order valence-electron chi connectivity index (χ2n) is 5.36. The Morgan fingerprint density at radius 2 is 1.95 bits per heavy atom. The number of phenols is 1. The van der Waals surface area contributed by atoms with Crippen LogP contribution in [0.25, 0.3) is 6.08 Å². The Balaban J connectivity index is 2.27. The highest BCUT2D eigenvalue weighted by molar-refractivity contribution is 6.23. The molecule has 0 saturated carbocycles. The van der Waals surface area contributed by atoms with E-state index in [9.17, 15) is 14.7 Å². The van der Waals surface area contributed by atoms with Crippen molar-refractivity contribution >= 4 is 17.6 Å². The van der Waals surface area contributed by atoms with Crippen LogP contribution in [0, 0.1) is 0 Å². The van der Waals surface area contributed by atoms with Crippen molar-refractivity contribution in [2.45, 2.75) is 32.8 Å². The molecule has 0 radical (unpaired) electrons. The molecule has 0 aromatic heterocycles. The number of ketones is 2. The van der Waals surface area contributed by atoms with Crippen molar-refractivity contribution in [2.75, 3.05) is 0 Å². The molecule has 0 bridgehead atoms. The summed E-state index contributed by atoms with van der Waals surface area (Å²) in [5.41, 5.74) is 1.72. The third-order valence-corrected chi connectivity index (χ3v) is 3.83. The SMILES string of the molecule is CCC[C@H]1OC(C)=Cc2cc3c(c(O)c21)C(=O)C=CC3=O. The van der Waals surface area contributed by atoms with Gasteiger partial charge in [-0.1, -0.05) is 13.3 Å². The van der Waals surface area contributed by atoms with E-state index in [0.717, 1.165) is 24.2 Å². The van der Waals surface area contributed by atoms with Crippen LogP contribution in [-0.2, 0) is 4.74 Å². The highest BCUT2D eigenvalue weighted by Crippen LogP contribution is 2.43. The molecule has 1 heterocycles. The van der Waals surface area contributed by atoms with Gasteiger partial charge in [-0.2, -0.15) is 0 Å². The molecule has 1 aliphatic heterocycles. The number of carbonyl (C=O) groups excluding carboxylic acids is 2. The van der Waals surface area contributed by atoms with Crippen LogP contribution in [0.1, 0.15) is 64.6 Å². The average molecular weight is 284 g/mol. The number of fused-ring (bicyclic) bond motifs is 2. The standard InChI is InChI=1S/C17H16O4/c1-3-4-14-15-10(7-9(2)21-14)8-11-12(18)5-6-13(19)16(11)17(15)20/h5-8,14,20H,3-4H2,1-2H3/t14-/m1/s1. The van der Waals surface area contributed by atoms with Crippen molar-refractivity contribution in [3.63, 3.8) is 0 Å².